The molecule has 1 heteroatoms. The molecule has 0 bridgehead atoms. The van der Waals surface area contributed by atoms with Gasteiger partial charge in [0, 0.05) is 5.54 Å². The van der Waals surface area contributed by atoms with E-state index >= 15 is 0 Å². The summed E-state index contributed by atoms with van der Waals surface area (Å²) in [7, 11) is 0. The predicted molar refractivity (Wildman–Crippen MR) is 72.0 cm³/mol. The smallest absolute Gasteiger partial charge is 0.0412 e. The SMILES string of the molecule is NC1(c2ccccc2C2CCCCC2)CCC1. The minimum Gasteiger partial charge on any atom is -0.321 e. The maximum absolute atomic E-state index is 6.53. The van der Waals surface area contributed by atoms with Crippen LogP contribution in [0.25, 0.3) is 0 Å². The van der Waals surface area contributed by atoms with Crippen LogP contribution in [0.5, 0.6) is 0 Å². The van der Waals surface area contributed by atoms with E-state index in [1.54, 1.807) is 5.56 Å². The average molecular weight is 229 g/mol. The first-order valence-corrected chi connectivity index (χ1v) is 7.18. The fraction of sp³-hybridized carbons (Fsp3) is 0.625. The molecule has 0 radical (unpaired) electrons. The van der Waals surface area contributed by atoms with Gasteiger partial charge in [-0.2, -0.15) is 0 Å². The van der Waals surface area contributed by atoms with Crippen molar-refractivity contribution in [3.05, 3.63) is 35.4 Å². The molecule has 2 saturated carbocycles. The van der Waals surface area contributed by atoms with Crippen molar-refractivity contribution in [1.29, 1.82) is 0 Å². The van der Waals surface area contributed by atoms with Gasteiger partial charge in [0.15, 0.2) is 0 Å². The van der Waals surface area contributed by atoms with E-state index in [2.05, 4.69) is 24.3 Å². The fourth-order valence-electron chi connectivity index (χ4n) is 3.55. The topological polar surface area (TPSA) is 26.0 Å². The van der Waals surface area contributed by atoms with Gasteiger partial charge in [-0.3, -0.25) is 0 Å². The molecule has 1 aromatic carbocycles. The Bertz CT molecular complexity index is 386. The van der Waals surface area contributed by atoms with E-state index in [1.807, 2.05) is 0 Å². The van der Waals surface area contributed by atoms with Crippen molar-refractivity contribution in [2.45, 2.75) is 62.8 Å². The Morgan fingerprint density at radius 3 is 2.29 bits per heavy atom. The maximum Gasteiger partial charge on any atom is 0.0412 e. The zero-order valence-electron chi connectivity index (χ0n) is 10.6. The van der Waals surface area contributed by atoms with E-state index in [4.69, 9.17) is 5.73 Å². The van der Waals surface area contributed by atoms with Gasteiger partial charge < -0.3 is 5.73 Å². The molecule has 0 saturated heterocycles. The Morgan fingerprint density at radius 2 is 1.65 bits per heavy atom. The molecule has 0 atom stereocenters. The Hall–Kier alpha value is -0.820. The summed E-state index contributed by atoms with van der Waals surface area (Å²) >= 11 is 0. The van der Waals surface area contributed by atoms with Gasteiger partial charge in [-0.15, -0.1) is 0 Å². The van der Waals surface area contributed by atoms with Gasteiger partial charge in [0.2, 0.25) is 0 Å². The summed E-state index contributed by atoms with van der Waals surface area (Å²) < 4.78 is 0. The molecule has 2 aliphatic rings. The van der Waals surface area contributed by atoms with Crippen LogP contribution in [0.15, 0.2) is 24.3 Å². The zero-order chi connectivity index (χ0) is 11.7. The van der Waals surface area contributed by atoms with E-state index in [-0.39, 0.29) is 5.54 Å². The fourth-order valence-corrected chi connectivity index (χ4v) is 3.55. The van der Waals surface area contributed by atoms with Gasteiger partial charge in [0.1, 0.15) is 0 Å². The summed E-state index contributed by atoms with van der Waals surface area (Å²) in [5.41, 5.74) is 9.56. The van der Waals surface area contributed by atoms with Crippen LogP contribution in [-0.2, 0) is 5.54 Å². The van der Waals surface area contributed by atoms with E-state index in [9.17, 15) is 0 Å². The van der Waals surface area contributed by atoms with Crippen molar-refractivity contribution in [1.82, 2.24) is 0 Å². The molecule has 0 aliphatic heterocycles. The van der Waals surface area contributed by atoms with Crippen LogP contribution in [-0.4, -0.2) is 0 Å². The molecule has 2 N–H and O–H groups in total. The summed E-state index contributed by atoms with van der Waals surface area (Å²) in [6.07, 6.45) is 10.6. The van der Waals surface area contributed by atoms with Gasteiger partial charge in [-0.25, -0.2) is 0 Å². The quantitative estimate of drug-likeness (QED) is 0.812. The third-order valence-electron chi connectivity index (χ3n) is 4.79. The normalized spacial score (nSPS) is 24.3. The van der Waals surface area contributed by atoms with Crippen molar-refractivity contribution in [2.24, 2.45) is 5.73 Å². The Kier molecular flexibility index (Phi) is 2.96. The molecule has 3 rings (SSSR count). The van der Waals surface area contributed by atoms with Gasteiger partial charge in [0.05, 0.1) is 0 Å². The van der Waals surface area contributed by atoms with Crippen molar-refractivity contribution >= 4 is 0 Å². The molecule has 92 valence electrons. The van der Waals surface area contributed by atoms with Gasteiger partial charge in [-0.05, 0) is 49.1 Å². The summed E-state index contributed by atoms with van der Waals surface area (Å²) in [6.45, 7) is 0. The second kappa shape index (κ2) is 4.45. The Balaban J connectivity index is 1.92. The highest BCUT2D eigenvalue weighted by molar-refractivity contribution is 5.37. The summed E-state index contributed by atoms with van der Waals surface area (Å²) in [5.74, 6) is 0.779. The van der Waals surface area contributed by atoms with Gasteiger partial charge in [-0.1, -0.05) is 43.5 Å². The van der Waals surface area contributed by atoms with Crippen molar-refractivity contribution < 1.29 is 0 Å². The molecule has 2 aliphatic carbocycles. The Morgan fingerprint density at radius 1 is 0.941 bits per heavy atom. The van der Waals surface area contributed by atoms with Crippen molar-refractivity contribution in [3.63, 3.8) is 0 Å². The minimum absolute atomic E-state index is 0.00798. The van der Waals surface area contributed by atoms with Crippen LogP contribution in [0.1, 0.15) is 68.4 Å². The third-order valence-corrected chi connectivity index (χ3v) is 4.79. The highest BCUT2D eigenvalue weighted by Crippen LogP contribution is 2.44. The molecule has 0 spiro atoms. The van der Waals surface area contributed by atoms with E-state index in [0.29, 0.717) is 0 Å². The van der Waals surface area contributed by atoms with Crippen LogP contribution in [0.4, 0.5) is 0 Å². The number of hydrogen-bond donors (Lipinski definition) is 1. The van der Waals surface area contributed by atoms with Crippen LogP contribution < -0.4 is 5.73 Å². The molecule has 2 fully saturated rings. The highest BCUT2D eigenvalue weighted by Gasteiger charge is 2.37. The monoisotopic (exact) mass is 229 g/mol. The Labute approximate surface area is 104 Å². The van der Waals surface area contributed by atoms with E-state index < -0.39 is 0 Å². The number of hydrogen-bond acceptors (Lipinski definition) is 1. The first-order chi connectivity index (χ1) is 8.30. The second-order valence-corrected chi connectivity index (χ2v) is 5.93. The number of rotatable bonds is 2. The van der Waals surface area contributed by atoms with Gasteiger partial charge in [0.25, 0.3) is 0 Å². The predicted octanol–water partition coefficient (Wildman–Crippen LogP) is 4.07. The first kappa shape index (κ1) is 11.3. The number of benzene rings is 1. The molecule has 0 amide bonds. The molecular formula is C16H23N. The average Bonchev–Trinajstić information content (AvgIpc) is 2.37. The van der Waals surface area contributed by atoms with E-state index in [0.717, 1.165) is 5.92 Å². The molecule has 1 nitrogen and oxygen atoms in total. The first-order valence-electron chi connectivity index (χ1n) is 7.18. The van der Waals surface area contributed by atoms with E-state index in [1.165, 1.54) is 56.9 Å². The molecule has 17 heavy (non-hydrogen) atoms. The molecule has 0 aromatic heterocycles. The summed E-state index contributed by atoms with van der Waals surface area (Å²) in [5, 5.41) is 0. The molecule has 0 heterocycles. The largest absolute Gasteiger partial charge is 0.321 e. The van der Waals surface area contributed by atoms with Crippen LogP contribution in [0.3, 0.4) is 0 Å². The lowest BCUT2D eigenvalue weighted by Gasteiger charge is -2.41. The minimum atomic E-state index is 0.00798. The molecule has 1 aromatic rings. The van der Waals surface area contributed by atoms with Crippen LogP contribution in [0.2, 0.25) is 0 Å². The molecular weight excluding hydrogens is 206 g/mol. The van der Waals surface area contributed by atoms with Crippen molar-refractivity contribution in [3.8, 4) is 0 Å². The lowest BCUT2D eigenvalue weighted by atomic mass is 9.68. The highest BCUT2D eigenvalue weighted by atomic mass is 14.8. The standard InChI is InChI=1S/C16H23N/c17-16(11-6-12-16)15-10-5-4-9-14(15)13-7-2-1-3-8-13/h4-5,9-10,13H,1-3,6-8,11-12,17H2. The maximum atomic E-state index is 6.53. The van der Waals surface area contributed by atoms with Crippen LogP contribution >= 0.6 is 0 Å². The van der Waals surface area contributed by atoms with Crippen molar-refractivity contribution in [2.75, 3.05) is 0 Å². The molecule has 0 unspecified atom stereocenters. The lowest BCUT2D eigenvalue weighted by molar-refractivity contribution is 0.249. The summed E-state index contributed by atoms with van der Waals surface area (Å²) in [6, 6.07) is 8.96. The second-order valence-electron chi connectivity index (χ2n) is 5.93. The van der Waals surface area contributed by atoms with Gasteiger partial charge >= 0.3 is 0 Å². The lowest BCUT2D eigenvalue weighted by Crippen LogP contribution is -2.44. The summed E-state index contributed by atoms with van der Waals surface area (Å²) in [4.78, 5) is 0. The van der Waals surface area contributed by atoms with Crippen LogP contribution in [0, 0.1) is 0 Å². The zero-order valence-corrected chi connectivity index (χ0v) is 10.6. The number of nitrogens with two attached hydrogens (primary N) is 1. The third kappa shape index (κ3) is 2.01.